The molecule has 0 aliphatic carbocycles. The van der Waals surface area contributed by atoms with E-state index < -0.39 is 28.0 Å². The van der Waals surface area contributed by atoms with Gasteiger partial charge < -0.3 is 30.2 Å². The van der Waals surface area contributed by atoms with Crippen molar-refractivity contribution in [1.82, 2.24) is 15.1 Å². The number of hydrogen-bond acceptors (Lipinski definition) is 7. The van der Waals surface area contributed by atoms with Crippen molar-refractivity contribution in [3.8, 4) is 0 Å². The Morgan fingerprint density at radius 1 is 1.11 bits per heavy atom. The van der Waals surface area contributed by atoms with E-state index >= 15 is 4.39 Å². The number of aryl methyl sites for hydroxylation is 1. The summed E-state index contributed by atoms with van der Waals surface area (Å²) in [4.78, 5) is 41.1. The Hall–Kier alpha value is -3.02. The summed E-state index contributed by atoms with van der Waals surface area (Å²) < 4.78 is 22.0. The molecule has 1 saturated heterocycles. The van der Waals surface area contributed by atoms with Gasteiger partial charge in [0, 0.05) is 44.3 Å². The zero-order chi connectivity index (χ0) is 34.9. The van der Waals surface area contributed by atoms with E-state index in [4.69, 9.17) is 4.74 Å². The van der Waals surface area contributed by atoms with Crippen LogP contribution in [0.5, 0.6) is 0 Å². The highest BCUT2D eigenvalue weighted by Gasteiger charge is 2.50. The van der Waals surface area contributed by atoms with Crippen molar-refractivity contribution in [2.45, 2.75) is 81.0 Å². The molecule has 3 rings (SSSR count). The summed E-state index contributed by atoms with van der Waals surface area (Å²) in [7, 11) is 9.69. The Labute approximate surface area is 277 Å². The number of halogens is 1. The molecule has 2 atom stereocenters. The second kappa shape index (κ2) is 13.6. The van der Waals surface area contributed by atoms with Crippen LogP contribution in [0.25, 0.3) is 0 Å². The first-order valence-electron chi connectivity index (χ1n) is 15.8. The fourth-order valence-electron chi connectivity index (χ4n) is 6.74. The zero-order valence-corrected chi connectivity index (χ0v) is 29.4. The van der Waals surface area contributed by atoms with E-state index in [1.807, 2.05) is 52.9 Å². The molecule has 1 heterocycles. The molecule has 2 unspecified atom stereocenters. The fraction of sp³-hybridized carbons (Fsp3) is 0.516. The molecule has 46 heavy (non-hydrogen) atoms. The predicted molar refractivity (Wildman–Crippen MR) is 193 cm³/mol. The van der Waals surface area contributed by atoms with Crippen molar-refractivity contribution < 1.29 is 28.6 Å². The predicted octanol–water partition coefficient (Wildman–Crippen LogP) is -2.01. The third-order valence-corrected chi connectivity index (χ3v) is 9.25. The number of carbonyl (C=O) groups is 3. The molecule has 1 aliphatic rings. The minimum Gasteiger partial charge on any atom is -0.393 e. The van der Waals surface area contributed by atoms with Gasteiger partial charge in [0.25, 0.3) is 0 Å². The molecule has 2 aromatic rings. The van der Waals surface area contributed by atoms with Crippen LogP contribution in [0, 0.1) is 12.7 Å². The van der Waals surface area contributed by atoms with Gasteiger partial charge in [0.1, 0.15) is 49.5 Å². The van der Waals surface area contributed by atoms with Crippen molar-refractivity contribution >= 4 is 63.5 Å². The van der Waals surface area contributed by atoms with Gasteiger partial charge in [-0.1, -0.05) is 24.3 Å². The Morgan fingerprint density at radius 3 is 2.24 bits per heavy atom. The van der Waals surface area contributed by atoms with Crippen molar-refractivity contribution in [1.29, 1.82) is 0 Å². The quantitative estimate of drug-likeness (QED) is 0.174. The summed E-state index contributed by atoms with van der Waals surface area (Å²) >= 11 is 0. The van der Waals surface area contributed by atoms with Gasteiger partial charge in [-0.25, -0.2) is 4.39 Å². The van der Waals surface area contributed by atoms with E-state index in [0.29, 0.717) is 36.1 Å². The number of likely N-dealkylation sites (N-methyl/N-ethyl adjacent to an activating group) is 1. The number of benzene rings is 2. The molecule has 15 heteroatoms. The minimum atomic E-state index is -1.90. The molecule has 2 aromatic carbocycles. The highest BCUT2D eigenvalue weighted by Crippen LogP contribution is 2.37. The Kier molecular flexibility index (Phi) is 11.1. The van der Waals surface area contributed by atoms with Gasteiger partial charge >= 0.3 is 0 Å². The van der Waals surface area contributed by atoms with Gasteiger partial charge in [0.05, 0.1) is 16.7 Å². The van der Waals surface area contributed by atoms with E-state index in [0.717, 1.165) is 24.2 Å². The van der Waals surface area contributed by atoms with E-state index in [9.17, 15) is 19.5 Å². The van der Waals surface area contributed by atoms with Crippen LogP contribution >= 0.6 is 0 Å². The third kappa shape index (κ3) is 8.28. The molecule has 0 aromatic heterocycles. The van der Waals surface area contributed by atoms with Gasteiger partial charge in [-0.15, -0.1) is 0 Å². The number of aldehydes is 1. The molecular formula is C31H48B5FN4O5. The Bertz CT molecular complexity index is 1440. The smallest absolute Gasteiger partial charge is 0.241 e. The first-order valence-corrected chi connectivity index (χ1v) is 15.8. The summed E-state index contributed by atoms with van der Waals surface area (Å²) in [5.74, 6) is -0.850. The number of aliphatic hydroxyl groups is 1. The average Bonchev–Trinajstić information content (AvgIpc) is 2.91. The van der Waals surface area contributed by atoms with Crippen LogP contribution in [-0.4, -0.2) is 116 Å². The second-order valence-electron chi connectivity index (χ2n) is 15.2. The molecule has 1 fully saturated rings. The van der Waals surface area contributed by atoms with Crippen molar-refractivity contribution in [2.24, 2.45) is 0 Å². The Morgan fingerprint density at radius 2 is 1.72 bits per heavy atom. The summed E-state index contributed by atoms with van der Waals surface area (Å²) in [6.07, 6.45) is 0.941. The maximum atomic E-state index is 15.8. The Balaban J connectivity index is 1.92. The van der Waals surface area contributed by atoms with Crippen LogP contribution in [0.1, 0.15) is 49.9 Å². The largest absolute Gasteiger partial charge is 0.393 e. The number of ether oxygens (including phenoxy) is 1. The summed E-state index contributed by atoms with van der Waals surface area (Å²) in [6, 6.07) is 9.79. The number of morpholine rings is 1. The lowest BCUT2D eigenvalue weighted by Gasteiger charge is -2.47. The highest BCUT2D eigenvalue weighted by molar-refractivity contribution is 6.49. The normalized spacial score (nSPS) is 18.5. The minimum absolute atomic E-state index is 0.00128. The molecule has 0 radical (unpaired) electrons. The fourth-order valence-corrected chi connectivity index (χ4v) is 6.74. The van der Waals surface area contributed by atoms with Crippen LogP contribution in [0.4, 0.5) is 10.1 Å². The molecule has 9 nitrogen and oxygen atoms in total. The molecule has 0 bridgehead atoms. The van der Waals surface area contributed by atoms with Gasteiger partial charge in [-0.05, 0) is 74.2 Å². The van der Waals surface area contributed by atoms with Gasteiger partial charge in [-0.3, -0.25) is 14.5 Å². The molecule has 1 aliphatic heterocycles. The standard InChI is InChI=1S/C31H48B5FN4O5/c1-19-8-7-9-24(21(19)14-41(18-43)25(26(44)38-6)30(33,34)29(32,45)17-42)39-31(35,36)22-11-10-20(12-23(22)37)13-40-15-27(2,3)46-28(4,5)16-40/h7-12,17-18,25,39,45H,13-16,32-36H2,1-6H3,(H,38,44). The topological polar surface area (TPSA) is 111 Å². The summed E-state index contributed by atoms with van der Waals surface area (Å²) in [6.45, 7) is 12.3. The third-order valence-electron chi connectivity index (χ3n) is 9.25. The second-order valence-corrected chi connectivity index (χ2v) is 15.2. The SMILES string of the molecule is BC(B)(Nc1cccc(C)c1CN(C=O)C(C(=O)NC)C(B)(B)C(B)(O)C=O)c1ccc(CN2CC(C)(C)OC(C)(C)C2)cc1F. The maximum Gasteiger partial charge on any atom is 0.241 e. The molecule has 2 amide bonds. The number of carbonyl (C=O) groups excluding carboxylic acids is 3. The van der Waals surface area contributed by atoms with Crippen molar-refractivity contribution in [3.63, 3.8) is 0 Å². The molecule has 0 spiro atoms. The molecule has 3 N–H and O–H groups in total. The zero-order valence-electron chi connectivity index (χ0n) is 29.4. The number of amides is 2. The van der Waals surface area contributed by atoms with Crippen molar-refractivity contribution in [3.05, 3.63) is 64.5 Å². The van der Waals surface area contributed by atoms with Crippen LogP contribution in [-0.2, 0) is 37.5 Å². The van der Waals surface area contributed by atoms with Crippen LogP contribution in [0.3, 0.4) is 0 Å². The lowest BCUT2D eigenvalue weighted by molar-refractivity contribution is -0.182. The lowest BCUT2D eigenvalue weighted by Crippen LogP contribution is -2.62. The number of nitrogens with one attached hydrogen (secondary N) is 2. The molecular weight excluding hydrogens is 581 g/mol. The van der Waals surface area contributed by atoms with E-state index in [2.05, 4.69) is 43.2 Å². The number of hydrogen-bond donors (Lipinski definition) is 3. The first kappa shape index (κ1) is 37.4. The highest BCUT2D eigenvalue weighted by atomic mass is 19.1. The number of rotatable bonds is 13. The number of nitrogens with zero attached hydrogens (tertiary/aromatic N) is 2. The van der Waals surface area contributed by atoms with Gasteiger partial charge in [0.2, 0.25) is 12.3 Å². The van der Waals surface area contributed by atoms with Gasteiger partial charge in [0.15, 0.2) is 7.85 Å². The molecule has 244 valence electrons. The summed E-state index contributed by atoms with van der Waals surface area (Å²) in [5, 5.41) is 14.7. The summed E-state index contributed by atoms with van der Waals surface area (Å²) in [5.41, 5.74) is 1.05. The first-order chi connectivity index (χ1) is 21.1. The van der Waals surface area contributed by atoms with E-state index in [1.165, 1.54) is 19.8 Å². The average molecular weight is 630 g/mol. The number of anilines is 1. The monoisotopic (exact) mass is 630 g/mol. The van der Waals surface area contributed by atoms with Gasteiger partial charge in [-0.2, -0.15) is 0 Å². The van der Waals surface area contributed by atoms with Crippen LogP contribution < -0.4 is 10.6 Å². The van der Waals surface area contributed by atoms with E-state index in [-0.39, 0.29) is 23.6 Å². The maximum absolute atomic E-state index is 15.8. The van der Waals surface area contributed by atoms with Crippen LogP contribution in [0.2, 0.25) is 5.21 Å². The van der Waals surface area contributed by atoms with Crippen molar-refractivity contribution in [2.75, 3.05) is 25.5 Å². The van der Waals surface area contributed by atoms with E-state index in [1.54, 1.807) is 21.8 Å². The van der Waals surface area contributed by atoms with Crippen LogP contribution in [0.15, 0.2) is 36.4 Å². The molecule has 0 saturated carbocycles. The lowest BCUT2D eigenvalue weighted by atomic mass is 9.38.